The molecule has 0 saturated carbocycles. The number of nitrogens with zero attached hydrogens (tertiary/aromatic N) is 2. The maximum Gasteiger partial charge on any atom is 0.257 e. The molecule has 2 aromatic rings. The Morgan fingerprint density at radius 2 is 1.48 bits per heavy atom. The maximum atomic E-state index is 12.7. The Hall–Kier alpha value is -1.80. The normalized spacial score (nSPS) is 14.5. The van der Waals surface area contributed by atoms with Crippen molar-refractivity contribution in [3.8, 4) is 5.75 Å². The van der Waals surface area contributed by atoms with E-state index in [1.165, 1.54) is 6.07 Å². The molecule has 5 nitrogen and oxygen atoms in total. The fourth-order valence-corrected chi connectivity index (χ4v) is 3.87. The smallest absolute Gasteiger partial charge is 0.257 e. The van der Waals surface area contributed by atoms with Crippen LogP contribution in [0, 0.1) is 3.57 Å². The van der Waals surface area contributed by atoms with Crippen LogP contribution in [0.25, 0.3) is 0 Å². The summed E-state index contributed by atoms with van der Waals surface area (Å²) in [6.45, 7) is 1.78. The molecule has 7 heteroatoms. The Bertz CT molecular complexity index is 820. The van der Waals surface area contributed by atoms with Crippen LogP contribution in [-0.4, -0.2) is 52.9 Å². The molecule has 130 valence electrons. The van der Waals surface area contributed by atoms with Crippen molar-refractivity contribution in [2.45, 2.75) is 0 Å². The zero-order valence-corrected chi connectivity index (χ0v) is 16.2. The average molecular weight is 471 g/mol. The predicted octanol–water partition coefficient (Wildman–Crippen LogP) is 3.25. The molecule has 0 atom stereocenters. The molecule has 1 N–H and O–H groups in total. The topological polar surface area (TPSA) is 60.9 Å². The second kappa shape index (κ2) is 7.61. The second-order valence-electron chi connectivity index (χ2n) is 5.73. The molecule has 1 fully saturated rings. The Morgan fingerprint density at radius 3 is 2.04 bits per heavy atom. The zero-order valence-electron chi connectivity index (χ0n) is 13.3. The molecule has 1 saturated heterocycles. The standard InChI is InChI=1S/C18H16ClIN2O3/c19-12-5-6-13(15(20)11-12)17(24)21-7-9-22(10-8-21)18(25)14-3-1-2-4-16(14)23/h1-6,11,23H,7-10H2. The molecule has 0 aliphatic carbocycles. The average Bonchev–Trinajstić information content (AvgIpc) is 2.61. The van der Waals surface area contributed by atoms with Crippen molar-refractivity contribution in [1.29, 1.82) is 0 Å². The Morgan fingerprint density at radius 1 is 0.920 bits per heavy atom. The van der Waals surface area contributed by atoms with Crippen molar-refractivity contribution in [1.82, 2.24) is 9.80 Å². The highest BCUT2D eigenvalue weighted by Crippen LogP contribution is 2.22. The zero-order chi connectivity index (χ0) is 18.0. The first kappa shape index (κ1) is 18.0. The molecule has 1 aliphatic heterocycles. The molecule has 0 radical (unpaired) electrons. The second-order valence-corrected chi connectivity index (χ2v) is 7.32. The number of halogens is 2. The van der Waals surface area contributed by atoms with Gasteiger partial charge in [0.2, 0.25) is 0 Å². The van der Waals surface area contributed by atoms with Crippen molar-refractivity contribution in [3.63, 3.8) is 0 Å². The van der Waals surface area contributed by atoms with Gasteiger partial charge < -0.3 is 14.9 Å². The summed E-state index contributed by atoms with van der Waals surface area (Å²) in [5.74, 6) is -0.302. The predicted molar refractivity (Wildman–Crippen MR) is 104 cm³/mol. The number of hydrogen-bond acceptors (Lipinski definition) is 3. The number of phenolic OH excluding ortho intramolecular Hbond substituents is 1. The van der Waals surface area contributed by atoms with E-state index in [-0.39, 0.29) is 23.1 Å². The van der Waals surface area contributed by atoms with E-state index in [0.717, 1.165) is 3.57 Å². The van der Waals surface area contributed by atoms with E-state index < -0.39 is 0 Å². The van der Waals surface area contributed by atoms with Gasteiger partial charge in [-0.1, -0.05) is 23.7 Å². The highest BCUT2D eigenvalue weighted by Gasteiger charge is 2.27. The Labute approximate surface area is 164 Å². The number of aromatic hydroxyl groups is 1. The van der Waals surface area contributed by atoms with Crippen molar-refractivity contribution in [2.75, 3.05) is 26.2 Å². The quantitative estimate of drug-likeness (QED) is 0.686. The summed E-state index contributed by atoms with van der Waals surface area (Å²) in [6, 6.07) is 11.7. The summed E-state index contributed by atoms with van der Waals surface area (Å²) in [4.78, 5) is 28.6. The largest absolute Gasteiger partial charge is 0.507 e. The van der Waals surface area contributed by atoms with E-state index in [9.17, 15) is 14.7 Å². The lowest BCUT2D eigenvalue weighted by Crippen LogP contribution is -2.50. The van der Waals surface area contributed by atoms with Crippen molar-refractivity contribution < 1.29 is 14.7 Å². The van der Waals surface area contributed by atoms with Gasteiger partial charge in [0, 0.05) is 34.8 Å². The van der Waals surface area contributed by atoms with E-state index in [4.69, 9.17) is 11.6 Å². The molecule has 25 heavy (non-hydrogen) atoms. The summed E-state index contributed by atoms with van der Waals surface area (Å²) in [7, 11) is 0. The summed E-state index contributed by atoms with van der Waals surface area (Å²) in [5.41, 5.74) is 0.903. The molecule has 1 aliphatic rings. The van der Waals surface area contributed by atoms with Crippen molar-refractivity contribution in [2.24, 2.45) is 0 Å². The van der Waals surface area contributed by atoms with E-state index in [1.807, 2.05) is 0 Å². The van der Waals surface area contributed by atoms with Gasteiger partial charge in [-0.05, 0) is 52.9 Å². The van der Waals surface area contributed by atoms with Crippen LogP contribution in [0.3, 0.4) is 0 Å². The first-order valence-electron chi connectivity index (χ1n) is 7.79. The van der Waals surface area contributed by atoms with Crippen molar-refractivity contribution >= 4 is 46.0 Å². The Kier molecular flexibility index (Phi) is 5.48. The molecular formula is C18H16ClIN2O3. The van der Waals surface area contributed by atoms with Crippen molar-refractivity contribution in [3.05, 3.63) is 62.2 Å². The highest BCUT2D eigenvalue weighted by atomic mass is 127. The van der Waals surface area contributed by atoms with E-state index in [0.29, 0.717) is 36.8 Å². The molecule has 0 spiro atoms. The van der Waals surface area contributed by atoms with Gasteiger partial charge in [0.15, 0.2) is 0 Å². The lowest BCUT2D eigenvalue weighted by Gasteiger charge is -2.35. The molecule has 2 amide bonds. The third-order valence-electron chi connectivity index (χ3n) is 4.15. The lowest BCUT2D eigenvalue weighted by molar-refractivity contribution is 0.0533. The number of carbonyl (C=O) groups excluding carboxylic acids is 2. The fraction of sp³-hybridized carbons (Fsp3) is 0.222. The number of hydrogen-bond donors (Lipinski definition) is 1. The molecule has 3 rings (SSSR count). The van der Waals surface area contributed by atoms with Crippen LogP contribution < -0.4 is 0 Å². The summed E-state index contributed by atoms with van der Waals surface area (Å²) in [6.07, 6.45) is 0. The van der Waals surface area contributed by atoms with Gasteiger partial charge in [-0.15, -0.1) is 0 Å². The fourth-order valence-electron chi connectivity index (χ4n) is 2.77. The van der Waals surface area contributed by atoms with Gasteiger partial charge in [-0.3, -0.25) is 9.59 Å². The summed E-state index contributed by atoms with van der Waals surface area (Å²) < 4.78 is 0.808. The summed E-state index contributed by atoms with van der Waals surface area (Å²) in [5, 5.41) is 10.4. The minimum atomic E-state index is -0.216. The molecule has 2 aromatic carbocycles. The van der Waals surface area contributed by atoms with Crippen LogP contribution in [-0.2, 0) is 0 Å². The third kappa shape index (κ3) is 3.90. The van der Waals surface area contributed by atoms with Crippen LogP contribution in [0.5, 0.6) is 5.75 Å². The lowest BCUT2D eigenvalue weighted by atomic mass is 10.1. The number of phenols is 1. The van der Waals surface area contributed by atoms with Gasteiger partial charge in [0.1, 0.15) is 5.75 Å². The van der Waals surface area contributed by atoms with Gasteiger partial charge in [0.05, 0.1) is 11.1 Å². The first-order valence-corrected chi connectivity index (χ1v) is 9.24. The van der Waals surface area contributed by atoms with Gasteiger partial charge in [-0.2, -0.15) is 0 Å². The number of benzene rings is 2. The maximum absolute atomic E-state index is 12.7. The van der Waals surface area contributed by atoms with Gasteiger partial charge >= 0.3 is 0 Å². The van der Waals surface area contributed by atoms with Gasteiger partial charge in [0.25, 0.3) is 11.8 Å². The SMILES string of the molecule is O=C(c1ccccc1O)N1CCN(C(=O)c2ccc(Cl)cc2I)CC1. The molecular weight excluding hydrogens is 455 g/mol. The minimum absolute atomic E-state index is 0.0262. The van der Waals surface area contributed by atoms with Crippen LogP contribution in [0.1, 0.15) is 20.7 Å². The van der Waals surface area contributed by atoms with E-state index in [1.54, 1.807) is 46.2 Å². The first-order chi connectivity index (χ1) is 12.0. The Balaban J connectivity index is 1.66. The molecule has 0 unspecified atom stereocenters. The van der Waals surface area contributed by atoms with E-state index in [2.05, 4.69) is 22.6 Å². The highest BCUT2D eigenvalue weighted by molar-refractivity contribution is 14.1. The molecule has 0 aromatic heterocycles. The van der Waals surface area contributed by atoms with Gasteiger partial charge in [-0.25, -0.2) is 0 Å². The minimum Gasteiger partial charge on any atom is -0.507 e. The molecule has 0 bridgehead atoms. The number of rotatable bonds is 2. The summed E-state index contributed by atoms with van der Waals surface area (Å²) >= 11 is 8.04. The number of para-hydroxylation sites is 1. The van der Waals surface area contributed by atoms with Crippen LogP contribution in [0.4, 0.5) is 0 Å². The molecule has 1 heterocycles. The number of carbonyl (C=O) groups is 2. The number of amides is 2. The third-order valence-corrected chi connectivity index (χ3v) is 5.28. The monoisotopic (exact) mass is 470 g/mol. The van der Waals surface area contributed by atoms with Crippen LogP contribution in [0.15, 0.2) is 42.5 Å². The number of piperazine rings is 1. The van der Waals surface area contributed by atoms with E-state index >= 15 is 0 Å². The van der Waals surface area contributed by atoms with Crippen LogP contribution in [0.2, 0.25) is 5.02 Å². The van der Waals surface area contributed by atoms with Crippen LogP contribution >= 0.6 is 34.2 Å².